The Morgan fingerprint density at radius 3 is 2.08 bits per heavy atom. The predicted molar refractivity (Wildman–Crippen MR) is 113 cm³/mol. The second kappa shape index (κ2) is 10.6. The van der Waals surface area contributed by atoms with E-state index >= 15 is 0 Å². The van der Waals surface area contributed by atoms with Crippen LogP contribution >= 0.6 is 8.60 Å². The number of benzene rings is 1. The van der Waals surface area contributed by atoms with Crippen molar-refractivity contribution in [1.29, 1.82) is 0 Å². The summed E-state index contributed by atoms with van der Waals surface area (Å²) in [6.45, 7) is 15.9. The Morgan fingerprint density at radius 1 is 0.885 bits per heavy atom. The van der Waals surface area contributed by atoms with Gasteiger partial charge >= 0.3 is 8.60 Å². The zero-order valence-electron chi connectivity index (χ0n) is 17.9. The Bertz CT molecular complexity index is 529. The molecule has 0 aliphatic carbocycles. The molecule has 0 amide bonds. The molecule has 0 aliphatic rings. The predicted octanol–water partition coefficient (Wildman–Crippen LogP) is 7.26. The van der Waals surface area contributed by atoms with E-state index in [4.69, 9.17) is 9.05 Å². The molecule has 26 heavy (non-hydrogen) atoms. The van der Waals surface area contributed by atoms with Crippen molar-refractivity contribution < 1.29 is 13.9 Å². The second-order valence-electron chi connectivity index (χ2n) is 9.11. The molecule has 0 radical (unpaired) electrons. The first kappa shape index (κ1) is 23.4. The summed E-state index contributed by atoms with van der Waals surface area (Å²) in [7, 11) is -1.90. The molecule has 1 aromatic carbocycles. The van der Waals surface area contributed by atoms with Crippen molar-refractivity contribution in [2.75, 3.05) is 6.61 Å². The third kappa shape index (κ3) is 7.94. The molecule has 0 heterocycles. The van der Waals surface area contributed by atoms with Gasteiger partial charge in [-0.25, -0.2) is 0 Å². The van der Waals surface area contributed by atoms with Crippen LogP contribution in [-0.2, 0) is 15.4 Å². The summed E-state index contributed by atoms with van der Waals surface area (Å²) in [5.74, 6) is 0.737. The summed E-state index contributed by atoms with van der Waals surface area (Å²) < 4.78 is 11.4. The molecule has 0 bridgehead atoms. The van der Waals surface area contributed by atoms with Crippen LogP contribution in [0.5, 0.6) is 5.75 Å². The van der Waals surface area contributed by atoms with E-state index in [-0.39, 0.29) is 10.8 Å². The molecule has 0 saturated heterocycles. The van der Waals surface area contributed by atoms with Gasteiger partial charge in [-0.3, -0.25) is 0 Å². The van der Waals surface area contributed by atoms with E-state index < -0.39 is 8.60 Å². The van der Waals surface area contributed by atoms with Crippen LogP contribution in [0.25, 0.3) is 0 Å². The summed E-state index contributed by atoms with van der Waals surface area (Å²) in [6.07, 6.45) is 7.21. The SMILES string of the molecule is CCCCCCCCOP(O)Oc1cccc(C(C)(C)C)c1C(C)(C)C. The molecule has 150 valence electrons. The second-order valence-corrected chi connectivity index (χ2v) is 10.0. The standard InChI is InChI=1S/C22H39O3P/c1-8-9-10-11-12-13-17-24-26(23)25-19-16-14-15-18(21(2,3)4)20(19)22(5,6)7/h14-16,23H,8-13,17H2,1-7H3. The van der Waals surface area contributed by atoms with E-state index in [1.165, 1.54) is 31.2 Å². The van der Waals surface area contributed by atoms with Gasteiger partial charge in [0.2, 0.25) is 0 Å². The average Bonchev–Trinajstić information content (AvgIpc) is 2.52. The fraction of sp³-hybridized carbons (Fsp3) is 0.727. The van der Waals surface area contributed by atoms with Gasteiger partial charge in [-0.2, -0.15) is 0 Å². The molecular weight excluding hydrogens is 343 g/mol. The van der Waals surface area contributed by atoms with Gasteiger partial charge in [0, 0.05) is 5.56 Å². The molecule has 0 saturated carbocycles. The lowest BCUT2D eigenvalue weighted by atomic mass is 9.75. The van der Waals surface area contributed by atoms with Crippen LogP contribution < -0.4 is 4.52 Å². The molecule has 1 N–H and O–H groups in total. The normalized spacial score (nSPS) is 13.7. The molecule has 0 fully saturated rings. The van der Waals surface area contributed by atoms with Gasteiger partial charge in [0.1, 0.15) is 5.75 Å². The lowest BCUT2D eigenvalue weighted by Crippen LogP contribution is -2.22. The van der Waals surface area contributed by atoms with Crippen molar-refractivity contribution >= 4 is 8.60 Å². The van der Waals surface area contributed by atoms with Gasteiger partial charge in [0.05, 0.1) is 6.61 Å². The van der Waals surface area contributed by atoms with Crippen molar-refractivity contribution in [3.05, 3.63) is 29.3 Å². The summed E-state index contributed by atoms with van der Waals surface area (Å²) in [5, 5.41) is 0. The highest BCUT2D eigenvalue weighted by atomic mass is 31.2. The highest BCUT2D eigenvalue weighted by molar-refractivity contribution is 7.41. The molecule has 3 nitrogen and oxygen atoms in total. The van der Waals surface area contributed by atoms with E-state index in [1.807, 2.05) is 12.1 Å². The molecule has 1 rings (SSSR count). The maximum Gasteiger partial charge on any atom is 0.394 e. The molecule has 1 aromatic rings. The Kier molecular flexibility index (Phi) is 9.58. The van der Waals surface area contributed by atoms with Crippen molar-refractivity contribution in [3.8, 4) is 5.75 Å². The van der Waals surface area contributed by atoms with Gasteiger partial charge in [-0.05, 0) is 28.9 Å². The van der Waals surface area contributed by atoms with Crippen molar-refractivity contribution in [2.45, 2.75) is 97.8 Å². The van der Waals surface area contributed by atoms with Crippen LogP contribution in [0.15, 0.2) is 18.2 Å². The zero-order chi connectivity index (χ0) is 19.8. The number of hydrogen-bond acceptors (Lipinski definition) is 3. The smallest absolute Gasteiger partial charge is 0.394 e. The average molecular weight is 383 g/mol. The van der Waals surface area contributed by atoms with Crippen LogP contribution in [-0.4, -0.2) is 11.5 Å². The monoisotopic (exact) mass is 382 g/mol. The number of unbranched alkanes of at least 4 members (excludes halogenated alkanes) is 5. The number of hydrogen-bond donors (Lipinski definition) is 1. The van der Waals surface area contributed by atoms with Crippen molar-refractivity contribution in [3.63, 3.8) is 0 Å². The fourth-order valence-corrected chi connectivity index (χ4v) is 3.80. The van der Waals surface area contributed by atoms with Crippen LogP contribution in [0.1, 0.15) is 98.1 Å². The molecule has 4 heteroatoms. The summed E-state index contributed by atoms with van der Waals surface area (Å²) in [5.41, 5.74) is 2.34. The third-order valence-electron chi connectivity index (χ3n) is 4.46. The minimum atomic E-state index is -1.90. The third-order valence-corrected chi connectivity index (χ3v) is 5.22. The van der Waals surface area contributed by atoms with Crippen molar-refractivity contribution in [2.24, 2.45) is 0 Å². The largest absolute Gasteiger partial charge is 0.427 e. The lowest BCUT2D eigenvalue weighted by molar-refractivity contribution is 0.252. The van der Waals surface area contributed by atoms with E-state index in [0.29, 0.717) is 6.61 Å². The number of rotatable bonds is 10. The van der Waals surface area contributed by atoms with Gasteiger partial charge in [-0.15, -0.1) is 0 Å². The highest BCUT2D eigenvalue weighted by Gasteiger charge is 2.29. The quantitative estimate of drug-likeness (QED) is 0.342. The summed E-state index contributed by atoms with van der Waals surface area (Å²) in [6, 6.07) is 6.10. The zero-order valence-corrected chi connectivity index (χ0v) is 18.8. The topological polar surface area (TPSA) is 38.7 Å². The summed E-state index contributed by atoms with van der Waals surface area (Å²) in [4.78, 5) is 10.2. The Morgan fingerprint density at radius 2 is 1.50 bits per heavy atom. The first-order chi connectivity index (χ1) is 12.1. The summed E-state index contributed by atoms with van der Waals surface area (Å²) >= 11 is 0. The van der Waals surface area contributed by atoms with E-state index in [2.05, 4.69) is 54.5 Å². The van der Waals surface area contributed by atoms with E-state index in [1.54, 1.807) is 0 Å². The van der Waals surface area contributed by atoms with Crippen molar-refractivity contribution in [1.82, 2.24) is 0 Å². The van der Waals surface area contributed by atoms with Crippen LogP contribution in [0.3, 0.4) is 0 Å². The van der Waals surface area contributed by atoms with Crippen LogP contribution in [0.2, 0.25) is 0 Å². The first-order valence-corrected chi connectivity index (χ1v) is 11.1. The van der Waals surface area contributed by atoms with Gasteiger partial charge in [0.15, 0.2) is 0 Å². The fourth-order valence-electron chi connectivity index (χ4n) is 3.14. The molecule has 1 atom stereocenters. The molecule has 0 spiro atoms. The first-order valence-electron chi connectivity index (χ1n) is 10.0. The molecule has 0 aromatic heterocycles. The Labute approximate surface area is 162 Å². The molecule has 0 aliphatic heterocycles. The lowest BCUT2D eigenvalue weighted by Gasteiger charge is -2.32. The maximum atomic E-state index is 10.2. The van der Waals surface area contributed by atoms with Gasteiger partial charge in [0.25, 0.3) is 0 Å². The van der Waals surface area contributed by atoms with Crippen LogP contribution in [0.4, 0.5) is 0 Å². The van der Waals surface area contributed by atoms with Gasteiger partial charge < -0.3 is 13.9 Å². The Hall–Kier alpha value is -0.630. The van der Waals surface area contributed by atoms with Crippen LogP contribution in [0, 0.1) is 0 Å². The maximum absolute atomic E-state index is 10.2. The van der Waals surface area contributed by atoms with E-state index in [9.17, 15) is 4.89 Å². The van der Waals surface area contributed by atoms with Gasteiger partial charge in [-0.1, -0.05) is 92.7 Å². The molecule has 1 unspecified atom stereocenters. The van der Waals surface area contributed by atoms with E-state index in [0.717, 1.165) is 24.2 Å². The minimum Gasteiger partial charge on any atom is -0.427 e. The molecular formula is C22H39O3P. The Balaban J connectivity index is 2.69. The minimum absolute atomic E-state index is 0.0134. The highest BCUT2D eigenvalue weighted by Crippen LogP contribution is 2.44.